The summed E-state index contributed by atoms with van der Waals surface area (Å²) in [4.78, 5) is 37.9. The second-order valence-corrected chi connectivity index (χ2v) is 7.56. The lowest BCUT2D eigenvalue weighted by atomic mass is 9.85. The summed E-state index contributed by atoms with van der Waals surface area (Å²) in [7, 11) is 0. The molecule has 2 bridgehead atoms. The lowest BCUT2D eigenvalue weighted by Gasteiger charge is -2.22. The van der Waals surface area contributed by atoms with Crippen LogP contribution in [-0.2, 0) is 9.59 Å². The second kappa shape index (κ2) is 4.48. The summed E-state index contributed by atoms with van der Waals surface area (Å²) in [5.41, 5.74) is 2.86. The topological polar surface area (TPSA) is 66.5 Å². The van der Waals surface area contributed by atoms with E-state index in [0.29, 0.717) is 0 Å². The average Bonchev–Trinajstić information content (AvgIpc) is 3.18. The molecule has 1 spiro atoms. The normalized spacial score (nSPS) is 34.1. The van der Waals surface area contributed by atoms with Crippen molar-refractivity contribution in [1.29, 1.82) is 0 Å². The molecule has 0 radical (unpaired) electrons. The van der Waals surface area contributed by atoms with Crippen LogP contribution in [-0.4, -0.2) is 22.7 Å². The number of carbonyl (C=O) groups excluding carboxylic acids is 3. The summed E-state index contributed by atoms with van der Waals surface area (Å²) >= 11 is 6.02. The van der Waals surface area contributed by atoms with Crippen LogP contribution in [0.5, 0.6) is 0 Å². The molecule has 4 atom stereocenters. The molecule has 1 N–H and O–H groups in total. The SMILES string of the molecule is O=C(NN1C(=O)C2C(C1=O)C1C=CC2C12CC2)c1ccccc1Cl. The van der Waals surface area contributed by atoms with E-state index in [1.807, 2.05) is 0 Å². The first kappa shape index (κ1) is 14.2. The van der Waals surface area contributed by atoms with Gasteiger partial charge in [0, 0.05) is 0 Å². The van der Waals surface area contributed by atoms with E-state index in [0.717, 1.165) is 17.9 Å². The van der Waals surface area contributed by atoms with E-state index in [4.69, 9.17) is 11.6 Å². The van der Waals surface area contributed by atoms with Gasteiger partial charge in [-0.25, -0.2) is 0 Å². The van der Waals surface area contributed by atoms with E-state index in [9.17, 15) is 14.4 Å². The lowest BCUT2D eigenvalue weighted by Crippen LogP contribution is -2.48. The highest BCUT2D eigenvalue weighted by atomic mass is 35.5. The number of fused-ring (bicyclic) bond motifs is 3. The van der Waals surface area contributed by atoms with E-state index in [1.54, 1.807) is 24.3 Å². The summed E-state index contributed by atoms with van der Waals surface area (Å²) in [6.07, 6.45) is 6.39. The molecule has 3 aliphatic carbocycles. The zero-order valence-electron chi connectivity index (χ0n) is 12.7. The predicted octanol–water partition coefficient (Wildman–Crippen LogP) is 2.18. The van der Waals surface area contributed by atoms with E-state index >= 15 is 0 Å². The van der Waals surface area contributed by atoms with Gasteiger partial charge in [-0.1, -0.05) is 35.9 Å². The first-order valence-corrected chi connectivity index (χ1v) is 8.54. The molecule has 1 saturated heterocycles. The molecule has 3 fully saturated rings. The number of benzene rings is 1. The number of hydrogen-bond donors (Lipinski definition) is 1. The van der Waals surface area contributed by atoms with E-state index in [1.165, 1.54) is 0 Å². The molecule has 6 heteroatoms. The Labute approximate surface area is 143 Å². The van der Waals surface area contributed by atoms with Gasteiger partial charge < -0.3 is 0 Å². The monoisotopic (exact) mass is 342 g/mol. The molecule has 2 saturated carbocycles. The zero-order valence-corrected chi connectivity index (χ0v) is 13.5. The summed E-state index contributed by atoms with van der Waals surface area (Å²) in [5.74, 6) is -1.45. The highest BCUT2D eigenvalue weighted by molar-refractivity contribution is 6.33. The molecule has 1 aromatic rings. The van der Waals surface area contributed by atoms with Crippen molar-refractivity contribution in [3.05, 3.63) is 47.0 Å². The molecule has 1 heterocycles. The molecule has 5 rings (SSSR count). The van der Waals surface area contributed by atoms with Crippen LogP contribution in [0.1, 0.15) is 23.2 Å². The van der Waals surface area contributed by atoms with Crippen LogP contribution >= 0.6 is 11.6 Å². The van der Waals surface area contributed by atoms with Gasteiger partial charge in [-0.15, -0.1) is 0 Å². The first-order chi connectivity index (χ1) is 11.5. The van der Waals surface area contributed by atoms with Crippen LogP contribution in [0.2, 0.25) is 5.02 Å². The molecule has 3 amide bonds. The quantitative estimate of drug-likeness (QED) is 0.661. The maximum Gasteiger partial charge on any atom is 0.271 e. The lowest BCUT2D eigenvalue weighted by molar-refractivity contribution is -0.144. The number of hydrogen-bond acceptors (Lipinski definition) is 3. The summed E-state index contributed by atoms with van der Waals surface area (Å²) in [6, 6.07) is 6.56. The van der Waals surface area contributed by atoms with Crippen LogP contribution in [0, 0.1) is 29.1 Å². The van der Waals surface area contributed by atoms with Crippen LogP contribution in [0.25, 0.3) is 0 Å². The van der Waals surface area contributed by atoms with E-state index < -0.39 is 5.91 Å². The molecule has 24 heavy (non-hydrogen) atoms. The highest BCUT2D eigenvalue weighted by Gasteiger charge is 2.73. The summed E-state index contributed by atoms with van der Waals surface area (Å²) in [5, 5.41) is 1.21. The van der Waals surface area contributed by atoms with Crippen molar-refractivity contribution in [3.63, 3.8) is 0 Å². The number of nitrogens with one attached hydrogen (secondary N) is 1. The molecule has 1 aliphatic heterocycles. The Morgan fingerprint density at radius 1 is 1.08 bits per heavy atom. The molecule has 1 aromatic carbocycles. The van der Waals surface area contributed by atoms with E-state index in [2.05, 4.69) is 17.6 Å². The predicted molar refractivity (Wildman–Crippen MR) is 85.5 cm³/mol. The fourth-order valence-electron chi connectivity index (χ4n) is 5.00. The number of nitrogens with zero attached hydrogens (tertiary/aromatic N) is 1. The third kappa shape index (κ3) is 1.58. The van der Waals surface area contributed by atoms with Crippen LogP contribution < -0.4 is 5.43 Å². The zero-order chi connectivity index (χ0) is 16.6. The Bertz CT molecular complexity index is 795. The summed E-state index contributed by atoms with van der Waals surface area (Å²) < 4.78 is 0. The van der Waals surface area contributed by atoms with Crippen molar-refractivity contribution in [2.24, 2.45) is 29.1 Å². The Morgan fingerprint density at radius 2 is 1.67 bits per heavy atom. The fourth-order valence-corrected chi connectivity index (χ4v) is 5.22. The number of allylic oxidation sites excluding steroid dienone is 2. The molecule has 4 aliphatic rings. The van der Waals surface area contributed by atoms with Gasteiger partial charge in [-0.3, -0.25) is 19.8 Å². The third-order valence-electron chi connectivity index (χ3n) is 6.18. The van der Waals surface area contributed by atoms with Gasteiger partial charge >= 0.3 is 0 Å². The van der Waals surface area contributed by atoms with Gasteiger partial charge in [-0.05, 0) is 42.2 Å². The molecular formula is C18H15ClN2O3. The molecule has 0 aromatic heterocycles. The van der Waals surface area contributed by atoms with Gasteiger partial charge in [0.25, 0.3) is 17.7 Å². The van der Waals surface area contributed by atoms with Crippen molar-refractivity contribution in [1.82, 2.24) is 10.4 Å². The smallest absolute Gasteiger partial charge is 0.271 e. The van der Waals surface area contributed by atoms with Crippen LogP contribution in [0.3, 0.4) is 0 Å². The molecule has 4 unspecified atom stereocenters. The fraction of sp³-hybridized carbons (Fsp3) is 0.389. The molecule has 122 valence electrons. The number of imide groups is 1. The Kier molecular flexibility index (Phi) is 2.65. The third-order valence-corrected chi connectivity index (χ3v) is 6.51. The van der Waals surface area contributed by atoms with Crippen molar-refractivity contribution in [2.75, 3.05) is 0 Å². The maximum absolute atomic E-state index is 12.8. The first-order valence-electron chi connectivity index (χ1n) is 8.16. The summed E-state index contributed by atoms with van der Waals surface area (Å²) in [6.45, 7) is 0. The maximum atomic E-state index is 12.8. The van der Waals surface area contributed by atoms with Crippen molar-refractivity contribution >= 4 is 29.3 Å². The number of halogens is 1. The molecular weight excluding hydrogens is 328 g/mol. The Hall–Kier alpha value is -2.14. The van der Waals surface area contributed by atoms with Crippen molar-refractivity contribution < 1.29 is 14.4 Å². The van der Waals surface area contributed by atoms with Crippen molar-refractivity contribution in [2.45, 2.75) is 12.8 Å². The average molecular weight is 343 g/mol. The van der Waals surface area contributed by atoms with Gasteiger partial charge in [0.15, 0.2) is 0 Å². The number of rotatable bonds is 2. The minimum atomic E-state index is -0.538. The Morgan fingerprint density at radius 3 is 2.21 bits per heavy atom. The van der Waals surface area contributed by atoms with Gasteiger partial charge in [-0.2, -0.15) is 5.01 Å². The minimum absolute atomic E-state index is 0.145. The van der Waals surface area contributed by atoms with Gasteiger partial charge in [0.05, 0.1) is 22.4 Å². The van der Waals surface area contributed by atoms with Gasteiger partial charge in [0.1, 0.15) is 0 Å². The van der Waals surface area contributed by atoms with Crippen molar-refractivity contribution in [3.8, 4) is 0 Å². The van der Waals surface area contributed by atoms with Crippen LogP contribution in [0.15, 0.2) is 36.4 Å². The number of hydrazine groups is 1. The van der Waals surface area contributed by atoms with E-state index in [-0.39, 0.29) is 51.5 Å². The minimum Gasteiger partial charge on any atom is -0.272 e. The Balaban J connectivity index is 1.42. The highest BCUT2D eigenvalue weighted by Crippen LogP contribution is 2.73. The largest absolute Gasteiger partial charge is 0.272 e. The van der Waals surface area contributed by atoms with Crippen LogP contribution in [0.4, 0.5) is 0 Å². The standard InChI is InChI=1S/C18H15ClN2O3/c19-12-4-2-1-3-9(12)15(22)20-21-16(23)13-10-5-6-11(14(13)17(21)24)18(10)7-8-18/h1-6,10-11,13-14H,7-8H2,(H,20,22). The van der Waals surface area contributed by atoms with Gasteiger partial charge in [0.2, 0.25) is 0 Å². The number of carbonyl (C=O) groups is 3. The molecule has 5 nitrogen and oxygen atoms in total. The number of amides is 3. The second-order valence-electron chi connectivity index (χ2n) is 7.15.